The predicted octanol–water partition coefficient (Wildman–Crippen LogP) is 0.0780. The number of methoxy groups -OCH3 is 2. The number of carbonyl (C=O) groups is 1. The van der Waals surface area contributed by atoms with Crippen LogP contribution in [0.25, 0.3) is 0 Å². The van der Waals surface area contributed by atoms with Crippen LogP contribution >= 0.6 is 0 Å². The molecule has 1 unspecified atom stereocenters. The minimum Gasteiger partial charge on any atom is -0.391 e. The highest BCUT2D eigenvalue weighted by molar-refractivity contribution is 5.93. The number of amides is 1. The fourth-order valence-corrected chi connectivity index (χ4v) is 1.33. The van der Waals surface area contributed by atoms with Crippen LogP contribution in [0, 0.1) is 0 Å². The lowest BCUT2D eigenvalue weighted by atomic mass is 10.2. The van der Waals surface area contributed by atoms with Crippen LogP contribution in [-0.4, -0.2) is 43.0 Å². The van der Waals surface area contributed by atoms with Gasteiger partial charge in [-0.1, -0.05) is 5.16 Å². The minimum atomic E-state index is -0.408. The molecule has 0 aromatic carbocycles. The number of nitrogens with zero attached hydrogens (tertiary/aromatic N) is 1. The third kappa shape index (κ3) is 3.52. The van der Waals surface area contributed by atoms with Gasteiger partial charge in [0.2, 0.25) is 0 Å². The Morgan fingerprint density at radius 3 is 2.83 bits per heavy atom. The molecule has 0 aliphatic rings. The molecule has 7 heteroatoms. The number of ether oxygens (including phenoxy) is 2. The Morgan fingerprint density at radius 2 is 2.28 bits per heavy atom. The second-order valence-electron chi connectivity index (χ2n) is 3.78. The van der Waals surface area contributed by atoms with Crippen molar-refractivity contribution in [2.45, 2.75) is 26.2 Å². The molecule has 0 spiro atoms. The molecule has 1 rings (SSSR count). The molecule has 18 heavy (non-hydrogen) atoms. The minimum absolute atomic E-state index is 0.0767. The van der Waals surface area contributed by atoms with Crippen LogP contribution < -0.4 is 5.32 Å². The molecule has 0 aliphatic heterocycles. The summed E-state index contributed by atoms with van der Waals surface area (Å²) in [5, 5.41) is 15.5. The van der Waals surface area contributed by atoms with Crippen molar-refractivity contribution in [3.63, 3.8) is 0 Å². The molecule has 1 amide bonds. The fourth-order valence-electron chi connectivity index (χ4n) is 1.33. The van der Waals surface area contributed by atoms with Crippen LogP contribution in [0.4, 0.5) is 0 Å². The largest absolute Gasteiger partial charge is 0.391 e. The van der Waals surface area contributed by atoms with Gasteiger partial charge >= 0.3 is 0 Å². The smallest absolute Gasteiger partial charge is 0.273 e. The standard InChI is InChI=1S/C11H18N2O5/c1-7(17-3)4-12-11(15)10-8(5-14)9(6-16-2)18-13-10/h7,14H,4-6H2,1-3H3,(H,12,15). The van der Waals surface area contributed by atoms with Crippen LogP contribution in [0.15, 0.2) is 4.52 Å². The van der Waals surface area contributed by atoms with Crippen molar-refractivity contribution in [3.8, 4) is 0 Å². The first kappa shape index (κ1) is 14.6. The third-order valence-corrected chi connectivity index (χ3v) is 2.47. The van der Waals surface area contributed by atoms with Crippen molar-refractivity contribution >= 4 is 5.91 Å². The van der Waals surface area contributed by atoms with Crippen molar-refractivity contribution in [1.29, 1.82) is 0 Å². The van der Waals surface area contributed by atoms with Gasteiger partial charge in [-0.2, -0.15) is 0 Å². The van der Waals surface area contributed by atoms with Gasteiger partial charge in [-0.25, -0.2) is 0 Å². The second kappa shape index (κ2) is 7.10. The van der Waals surface area contributed by atoms with Gasteiger partial charge < -0.3 is 24.4 Å². The summed E-state index contributed by atoms with van der Waals surface area (Å²) < 4.78 is 14.8. The number of carbonyl (C=O) groups excluding carboxylic acids is 1. The lowest BCUT2D eigenvalue weighted by Crippen LogP contribution is -2.32. The number of aliphatic hydroxyl groups excluding tert-OH is 1. The van der Waals surface area contributed by atoms with E-state index in [4.69, 9.17) is 14.0 Å². The fraction of sp³-hybridized carbons (Fsp3) is 0.636. The Labute approximate surface area is 105 Å². The Balaban J connectivity index is 2.73. The summed E-state index contributed by atoms with van der Waals surface area (Å²) in [7, 11) is 3.05. The molecule has 1 aromatic rings. The molecule has 2 N–H and O–H groups in total. The van der Waals surface area contributed by atoms with E-state index in [0.29, 0.717) is 17.9 Å². The lowest BCUT2D eigenvalue weighted by Gasteiger charge is -2.09. The maximum atomic E-state index is 11.8. The van der Waals surface area contributed by atoms with Gasteiger partial charge in [0.15, 0.2) is 11.5 Å². The Hall–Kier alpha value is -1.44. The van der Waals surface area contributed by atoms with Crippen molar-refractivity contribution < 1.29 is 23.9 Å². The van der Waals surface area contributed by atoms with E-state index in [0.717, 1.165) is 0 Å². The van der Waals surface area contributed by atoms with Crippen LogP contribution in [0.2, 0.25) is 0 Å². The van der Waals surface area contributed by atoms with Gasteiger partial charge in [0.05, 0.1) is 18.3 Å². The molecule has 102 valence electrons. The average Bonchev–Trinajstić information content (AvgIpc) is 2.78. The summed E-state index contributed by atoms with van der Waals surface area (Å²) in [4.78, 5) is 11.8. The molecule has 0 fully saturated rings. The molecule has 0 saturated carbocycles. The van der Waals surface area contributed by atoms with Crippen LogP contribution in [-0.2, 0) is 22.7 Å². The Bertz CT molecular complexity index is 391. The summed E-state index contributed by atoms with van der Waals surface area (Å²) >= 11 is 0. The van der Waals surface area contributed by atoms with Crippen molar-refractivity contribution in [1.82, 2.24) is 10.5 Å². The van der Waals surface area contributed by atoms with Gasteiger partial charge in [0.1, 0.15) is 6.61 Å². The van der Waals surface area contributed by atoms with Gasteiger partial charge in [0, 0.05) is 20.8 Å². The van der Waals surface area contributed by atoms with E-state index < -0.39 is 5.91 Å². The van der Waals surface area contributed by atoms with E-state index in [-0.39, 0.29) is 25.0 Å². The molecule has 1 heterocycles. The zero-order chi connectivity index (χ0) is 13.5. The molecular formula is C11H18N2O5. The van der Waals surface area contributed by atoms with Crippen LogP contribution in [0.5, 0.6) is 0 Å². The molecule has 1 aromatic heterocycles. The summed E-state index contributed by atoms with van der Waals surface area (Å²) in [5.74, 6) is -0.0565. The summed E-state index contributed by atoms with van der Waals surface area (Å²) in [6, 6.07) is 0. The van der Waals surface area contributed by atoms with Crippen molar-refractivity contribution in [3.05, 3.63) is 17.0 Å². The highest BCUT2D eigenvalue weighted by atomic mass is 16.5. The zero-order valence-corrected chi connectivity index (χ0v) is 10.7. The Morgan fingerprint density at radius 1 is 1.56 bits per heavy atom. The van der Waals surface area contributed by atoms with E-state index in [1.165, 1.54) is 7.11 Å². The van der Waals surface area contributed by atoms with Crippen LogP contribution in [0.3, 0.4) is 0 Å². The lowest BCUT2D eigenvalue weighted by molar-refractivity contribution is 0.0860. The summed E-state index contributed by atoms with van der Waals surface area (Å²) in [6.07, 6.45) is -0.100. The quantitative estimate of drug-likeness (QED) is 0.719. The SMILES string of the molecule is COCc1onc(C(=O)NCC(C)OC)c1CO. The van der Waals surface area contributed by atoms with E-state index >= 15 is 0 Å². The highest BCUT2D eigenvalue weighted by Crippen LogP contribution is 2.15. The monoisotopic (exact) mass is 258 g/mol. The van der Waals surface area contributed by atoms with E-state index in [2.05, 4.69) is 10.5 Å². The number of hydrogen-bond donors (Lipinski definition) is 2. The number of rotatable bonds is 7. The zero-order valence-electron chi connectivity index (χ0n) is 10.7. The number of hydrogen-bond acceptors (Lipinski definition) is 6. The second-order valence-corrected chi connectivity index (χ2v) is 3.78. The van der Waals surface area contributed by atoms with E-state index in [9.17, 15) is 9.90 Å². The summed E-state index contributed by atoms with van der Waals surface area (Å²) in [5.41, 5.74) is 0.423. The van der Waals surface area contributed by atoms with E-state index in [1.807, 2.05) is 6.92 Å². The Kier molecular flexibility index (Phi) is 5.76. The van der Waals surface area contributed by atoms with Gasteiger partial charge in [-0.3, -0.25) is 4.79 Å². The van der Waals surface area contributed by atoms with Gasteiger partial charge in [0.25, 0.3) is 5.91 Å². The molecule has 0 bridgehead atoms. The maximum absolute atomic E-state index is 11.8. The number of aliphatic hydroxyl groups is 1. The number of nitrogens with one attached hydrogen (secondary N) is 1. The maximum Gasteiger partial charge on any atom is 0.273 e. The highest BCUT2D eigenvalue weighted by Gasteiger charge is 2.21. The van der Waals surface area contributed by atoms with Crippen molar-refractivity contribution in [2.24, 2.45) is 0 Å². The first-order valence-electron chi connectivity index (χ1n) is 5.52. The summed E-state index contributed by atoms with van der Waals surface area (Å²) in [6.45, 7) is 2.01. The molecular weight excluding hydrogens is 240 g/mol. The normalized spacial score (nSPS) is 12.4. The van der Waals surface area contributed by atoms with Gasteiger partial charge in [-0.15, -0.1) is 0 Å². The molecule has 0 radical (unpaired) electrons. The molecule has 0 aliphatic carbocycles. The molecule has 7 nitrogen and oxygen atoms in total. The number of aromatic nitrogens is 1. The van der Waals surface area contributed by atoms with Crippen molar-refractivity contribution in [2.75, 3.05) is 20.8 Å². The molecule has 1 atom stereocenters. The first-order valence-corrected chi connectivity index (χ1v) is 5.52. The topological polar surface area (TPSA) is 93.8 Å². The molecule has 0 saturated heterocycles. The van der Waals surface area contributed by atoms with Gasteiger partial charge in [-0.05, 0) is 6.92 Å². The third-order valence-electron chi connectivity index (χ3n) is 2.47. The first-order chi connectivity index (χ1) is 8.63. The average molecular weight is 258 g/mol. The van der Waals surface area contributed by atoms with Crippen LogP contribution in [0.1, 0.15) is 28.7 Å². The van der Waals surface area contributed by atoms with E-state index in [1.54, 1.807) is 7.11 Å². The predicted molar refractivity (Wildman–Crippen MR) is 61.9 cm³/mol.